The zero-order valence-electron chi connectivity index (χ0n) is 14.6. The van der Waals surface area contributed by atoms with Crippen LogP contribution in [0.15, 0.2) is 46.1 Å². The Morgan fingerprint density at radius 1 is 1.11 bits per heavy atom. The topological polar surface area (TPSA) is 126 Å². The number of esters is 1. The Labute approximate surface area is 152 Å². The molecule has 2 N–H and O–H groups in total. The highest BCUT2D eigenvalue weighted by Crippen LogP contribution is 2.17. The van der Waals surface area contributed by atoms with E-state index in [2.05, 4.69) is 4.98 Å². The van der Waals surface area contributed by atoms with E-state index in [9.17, 15) is 19.2 Å². The highest BCUT2D eigenvalue weighted by atomic mass is 16.5. The Morgan fingerprint density at radius 3 is 2.59 bits per heavy atom. The summed E-state index contributed by atoms with van der Waals surface area (Å²) in [4.78, 5) is 52.9. The van der Waals surface area contributed by atoms with Crippen LogP contribution in [0.5, 0.6) is 0 Å². The molecule has 3 rings (SSSR count). The van der Waals surface area contributed by atoms with Crippen molar-refractivity contribution in [3.8, 4) is 0 Å². The molecule has 0 aliphatic carbocycles. The van der Waals surface area contributed by atoms with E-state index >= 15 is 0 Å². The molecule has 9 heteroatoms. The number of nitrogens with zero attached hydrogens (tertiary/aromatic N) is 3. The average molecular weight is 368 g/mol. The molecule has 0 bridgehead atoms. The molecule has 0 aliphatic rings. The number of aromatic nitrogens is 3. The zero-order chi connectivity index (χ0) is 19.7. The van der Waals surface area contributed by atoms with Crippen LogP contribution in [0, 0.1) is 0 Å². The molecule has 9 nitrogen and oxygen atoms in total. The van der Waals surface area contributed by atoms with Crippen molar-refractivity contribution in [2.75, 3.05) is 12.3 Å². The van der Waals surface area contributed by atoms with E-state index in [1.165, 1.54) is 14.1 Å². The maximum atomic E-state index is 12.4. The fourth-order valence-electron chi connectivity index (χ4n) is 2.68. The van der Waals surface area contributed by atoms with Gasteiger partial charge in [0.1, 0.15) is 11.4 Å². The Balaban J connectivity index is 1.87. The number of carbonyl (C=O) groups excluding carboxylic acids is 2. The molecule has 2 aromatic heterocycles. The summed E-state index contributed by atoms with van der Waals surface area (Å²) in [5.74, 6) is -1.81. The minimum Gasteiger partial charge on any atom is -0.454 e. The monoisotopic (exact) mass is 368 g/mol. The predicted octanol–water partition coefficient (Wildman–Crippen LogP) is 0.254. The van der Waals surface area contributed by atoms with Crippen LogP contribution in [0.2, 0.25) is 0 Å². The van der Waals surface area contributed by atoms with E-state index in [1.807, 2.05) is 0 Å². The van der Waals surface area contributed by atoms with Gasteiger partial charge in [-0.25, -0.2) is 9.59 Å². The number of anilines is 1. The van der Waals surface area contributed by atoms with Crippen molar-refractivity contribution in [3.63, 3.8) is 0 Å². The molecule has 1 aromatic carbocycles. The van der Waals surface area contributed by atoms with Crippen LogP contribution < -0.4 is 17.0 Å². The normalized spacial score (nSPS) is 10.7. The van der Waals surface area contributed by atoms with Gasteiger partial charge in [-0.1, -0.05) is 12.1 Å². The first kappa shape index (κ1) is 18.1. The lowest BCUT2D eigenvalue weighted by Gasteiger charge is -2.11. The predicted molar refractivity (Wildman–Crippen MR) is 97.7 cm³/mol. The standard InChI is InChI=1S/C18H16N4O5/c1-21-15(19)14(16(24)22(2)18(21)26)13(23)9-27-17(25)11-5-3-7-12-10(11)6-4-8-20-12/h3-8H,9,19H2,1-2H3. The van der Waals surface area contributed by atoms with Gasteiger partial charge in [0.15, 0.2) is 6.61 Å². The molecule has 0 saturated heterocycles. The van der Waals surface area contributed by atoms with Gasteiger partial charge in [-0.2, -0.15) is 0 Å². The second kappa shape index (κ2) is 6.87. The number of nitrogen functional groups attached to an aromatic ring is 1. The van der Waals surface area contributed by atoms with E-state index < -0.39 is 35.2 Å². The Hall–Kier alpha value is -3.75. The van der Waals surface area contributed by atoms with Crippen LogP contribution in [0.4, 0.5) is 5.82 Å². The molecule has 0 atom stereocenters. The molecule has 27 heavy (non-hydrogen) atoms. The Bertz CT molecular complexity index is 1190. The molecule has 0 radical (unpaired) electrons. The van der Waals surface area contributed by atoms with Crippen molar-refractivity contribution in [1.82, 2.24) is 14.1 Å². The van der Waals surface area contributed by atoms with Crippen LogP contribution in [-0.4, -0.2) is 32.5 Å². The third kappa shape index (κ3) is 3.10. The number of carbonyl (C=O) groups is 2. The first-order chi connectivity index (χ1) is 12.8. The van der Waals surface area contributed by atoms with Gasteiger partial charge in [-0.15, -0.1) is 0 Å². The summed E-state index contributed by atoms with van der Waals surface area (Å²) in [6.45, 7) is -0.687. The molecule has 3 aromatic rings. The maximum absolute atomic E-state index is 12.4. The number of hydrogen-bond donors (Lipinski definition) is 1. The fourth-order valence-corrected chi connectivity index (χ4v) is 2.68. The van der Waals surface area contributed by atoms with Crippen molar-refractivity contribution >= 4 is 28.5 Å². The van der Waals surface area contributed by atoms with E-state index in [4.69, 9.17) is 10.5 Å². The van der Waals surface area contributed by atoms with Crippen molar-refractivity contribution in [2.24, 2.45) is 14.1 Å². The van der Waals surface area contributed by atoms with Crippen molar-refractivity contribution in [2.45, 2.75) is 0 Å². The molecule has 0 aliphatic heterocycles. The van der Waals surface area contributed by atoms with Gasteiger partial charge in [0.2, 0.25) is 5.78 Å². The first-order valence-electron chi connectivity index (χ1n) is 7.92. The molecule has 2 heterocycles. The lowest BCUT2D eigenvalue weighted by atomic mass is 10.1. The zero-order valence-corrected chi connectivity index (χ0v) is 14.6. The van der Waals surface area contributed by atoms with Crippen LogP contribution in [0.3, 0.4) is 0 Å². The average Bonchev–Trinajstić information content (AvgIpc) is 2.68. The van der Waals surface area contributed by atoms with E-state index in [0.717, 1.165) is 9.13 Å². The second-order valence-electron chi connectivity index (χ2n) is 5.84. The molecule has 0 spiro atoms. The van der Waals surface area contributed by atoms with Crippen LogP contribution in [0.1, 0.15) is 20.7 Å². The van der Waals surface area contributed by atoms with Crippen LogP contribution >= 0.6 is 0 Å². The number of rotatable bonds is 4. The third-order valence-corrected chi connectivity index (χ3v) is 4.19. The summed E-state index contributed by atoms with van der Waals surface area (Å²) in [5, 5.41) is 0.579. The maximum Gasteiger partial charge on any atom is 0.339 e. The number of Topliss-reactive ketones (excluding diaryl/α,β-unsaturated/α-hetero) is 1. The number of hydrogen-bond acceptors (Lipinski definition) is 7. The van der Waals surface area contributed by atoms with Crippen LogP contribution in [-0.2, 0) is 18.8 Å². The quantitative estimate of drug-likeness (QED) is 0.517. The summed E-state index contributed by atoms with van der Waals surface area (Å²) in [5.41, 5.74) is 4.68. The summed E-state index contributed by atoms with van der Waals surface area (Å²) in [7, 11) is 2.57. The SMILES string of the molecule is Cn1c(N)c(C(=O)COC(=O)c2cccc3ncccc23)c(=O)n(C)c1=O. The van der Waals surface area contributed by atoms with E-state index in [0.29, 0.717) is 10.9 Å². The van der Waals surface area contributed by atoms with Gasteiger partial charge < -0.3 is 10.5 Å². The second-order valence-corrected chi connectivity index (χ2v) is 5.84. The minimum atomic E-state index is -0.842. The minimum absolute atomic E-state index is 0.245. The largest absolute Gasteiger partial charge is 0.454 e. The van der Waals surface area contributed by atoms with Gasteiger partial charge in [0.05, 0.1) is 11.1 Å². The van der Waals surface area contributed by atoms with E-state index in [-0.39, 0.29) is 11.4 Å². The van der Waals surface area contributed by atoms with Crippen molar-refractivity contribution in [1.29, 1.82) is 0 Å². The molecule has 0 amide bonds. The number of ketones is 1. The van der Waals surface area contributed by atoms with E-state index in [1.54, 1.807) is 36.5 Å². The summed E-state index contributed by atoms with van der Waals surface area (Å²) >= 11 is 0. The van der Waals surface area contributed by atoms with Crippen molar-refractivity contribution < 1.29 is 14.3 Å². The summed E-state index contributed by atoms with van der Waals surface area (Å²) in [6, 6.07) is 8.33. The number of nitrogens with two attached hydrogens (primary N) is 1. The number of ether oxygens (including phenoxy) is 1. The number of fused-ring (bicyclic) bond motifs is 1. The van der Waals surface area contributed by atoms with Gasteiger partial charge in [-0.3, -0.25) is 23.7 Å². The summed E-state index contributed by atoms with van der Waals surface area (Å²) < 4.78 is 6.81. The first-order valence-corrected chi connectivity index (χ1v) is 7.92. The molecule has 0 saturated carbocycles. The number of pyridine rings is 1. The lowest BCUT2D eigenvalue weighted by molar-refractivity contribution is 0.0476. The lowest BCUT2D eigenvalue weighted by Crippen LogP contribution is -2.42. The highest BCUT2D eigenvalue weighted by molar-refractivity contribution is 6.05. The molecule has 0 unspecified atom stereocenters. The Morgan fingerprint density at radius 2 is 1.85 bits per heavy atom. The smallest absolute Gasteiger partial charge is 0.339 e. The fraction of sp³-hybridized carbons (Fsp3) is 0.167. The Kier molecular flexibility index (Phi) is 4.59. The van der Waals surface area contributed by atoms with Gasteiger partial charge in [-0.05, 0) is 18.2 Å². The summed E-state index contributed by atoms with van der Waals surface area (Å²) in [6.07, 6.45) is 1.60. The molecule has 0 fully saturated rings. The van der Waals surface area contributed by atoms with Gasteiger partial charge in [0.25, 0.3) is 5.56 Å². The third-order valence-electron chi connectivity index (χ3n) is 4.19. The molecular formula is C18H16N4O5. The molecule has 138 valence electrons. The van der Waals surface area contributed by atoms with Crippen LogP contribution in [0.25, 0.3) is 10.9 Å². The van der Waals surface area contributed by atoms with Gasteiger partial charge in [0, 0.05) is 25.7 Å². The number of benzene rings is 1. The van der Waals surface area contributed by atoms with Crippen molar-refractivity contribution in [3.05, 3.63) is 68.5 Å². The highest BCUT2D eigenvalue weighted by Gasteiger charge is 2.22. The molecular weight excluding hydrogens is 352 g/mol. The van der Waals surface area contributed by atoms with Gasteiger partial charge >= 0.3 is 11.7 Å².